The van der Waals surface area contributed by atoms with Crippen LogP contribution >= 0.6 is 11.8 Å². The fourth-order valence-corrected chi connectivity index (χ4v) is 3.44. The summed E-state index contributed by atoms with van der Waals surface area (Å²) in [6, 6.07) is 9.61. The van der Waals surface area contributed by atoms with Crippen LogP contribution in [-0.4, -0.2) is 39.7 Å². The Morgan fingerprint density at radius 1 is 1.20 bits per heavy atom. The van der Waals surface area contributed by atoms with Crippen molar-refractivity contribution in [2.45, 2.75) is 10.1 Å². The summed E-state index contributed by atoms with van der Waals surface area (Å²) >= 11 is 1.14. The lowest BCUT2D eigenvalue weighted by Crippen LogP contribution is -1.99. The van der Waals surface area contributed by atoms with Gasteiger partial charge < -0.3 is 14.0 Å². The number of hydrogen-bond acceptors (Lipinski definition) is 8. The Bertz CT molecular complexity index is 1130. The number of aromatic nitrogens is 3. The van der Waals surface area contributed by atoms with E-state index in [9.17, 15) is 14.9 Å². The van der Waals surface area contributed by atoms with E-state index in [-0.39, 0.29) is 11.5 Å². The van der Waals surface area contributed by atoms with E-state index in [2.05, 4.69) is 10.2 Å². The van der Waals surface area contributed by atoms with Gasteiger partial charge in [-0.05, 0) is 41.6 Å². The minimum absolute atomic E-state index is 0.0837. The normalized spacial score (nSPS) is 10.9. The first-order valence-corrected chi connectivity index (χ1v) is 9.49. The molecular weight excluding hydrogens is 408 g/mol. The largest absolute Gasteiger partial charge is 0.497 e. The molecule has 10 heteroatoms. The zero-order chi connectivity index (χ0) is 21.7. The molecular formula is C20H18N4O5S. The number of methoxy groups -OCH3 is 2. The summed E-state index contributed by atoms with van der Waals surface area (Å²) in [5, 5.41) is 19.7. The Morgan fingerprint density at radius 2 is 2.00 bits per heavy atom. The highest BCUT2D eigenvalue weighted by Gasteiger charge is 2.17. The van der Waals surface area contributed by atoms with E-state index in [1.807, 2.05) is 0 Å². The van der Waals surface area contributed by atoms with Gasteiger partial charge in [0.15, 0.2) is 10.9 Å². The van der Waals surface area contributed by atoms with Crippen molar-refractivity contribution in [3.8, 4) is 11.5 Å². The van der Waals surface area contributed by atoms with Gasteiger partial charge >= 0.3 is 0 Å². The first kappa shape index (κ1) is 21.1. The molecule has 0 spiro atoms. The van der Waals surface area contributed by atoms with Crippen LogP contribution in [0, 0.1) is 10.1 Å². The molecule has 0 aliphatic carbocycles. The highest BCUT2D eigenvalue weighted by atomic mass is 32.2. The second-order valence-corrected chi connectivity index (χ2v) is 7.08. The second-order valence-electron chi connectivity index (χ2n) is 6.07. The maximum atomic E-state index is 12.6. The molecule has 0 bridgehead atoms. The predicted octanol–water partition coefficient (Wildman–Crippen LogP) is 3.79. The van der Waals surface area contributed by atoms with Crippen LogP contribution in [0.25, 0.3) is 6.08 Å². The molecule has 0 unspecified atom stereocenters. The fourth-order valence-electron chi connectivity index (χ4n) is 2.59. The molecule has 0 aliphatic rings. The van der Waals surface area contributed by atoms with Crippen LogP contribution < -0.4 is 9.47 Å². The summed E-state index contributed by atoms with van der Waals surface area (Å²) in [5.74, 6) is 0.652. The van der Waals surface area contributed by atoms with E-state index in [1.165, 1.54) is 38.8 Å². The Labute approximate surface area is 176 Å². The molecule has 1 aromatic heterocycles. The molecule has 1 heterocycles. The monoisotopic (exact) mass is 426 g/mol. The van der Waals surface area contributed by atoms with Crippen molar-refractivity contribution in [1.82, 2.24) is 14.8 Å². The number of rotatable bonds is 8. The van der Waals surface area contributed by atoms with Gasteiger partial charge in [0.1, 0.15) is 17.8 Å². The van der Waals surface area contributed by atoms with Gasteiger partial charge in [-0.1, -0.05) is 12.1 Å². The van der Waals surface area contributed by atoms with E-state index >= 15 is 0 Å². The second kappa shape index (κ2) is 9.23. The minimum Gasteiger partial charge on any atom is -0.497 e. The molecule has 3 aromatic rings. The molecule has 0 saturated heterocycles. The van der Waals surface area contributed by atoms with Gasteiger partial charge in [-0.25, -0.2) is 0 Å². The third-order valence-electron chi connectivity index (χ3n) is 4.15. The molecule has 0 aliphatic heterocycles. The summed E-state index contributed by atoms with van der Waals surface area (Å²) in [5.41, 5.74) is 0.794. The summed E-state index contributed by atoms with van der Waals surface area (Å²) in [4.78, 5) is 24.0. The van der Waals surface area contributed by atoms with Crippen molar-refractivity contribution in [1.29, 1.82) is 0 Å². The van der Waals surface area contributed by atoms with E-state index in [1.54, 1.807) is 41.9 Å². The molecule has 0 fully saturated rings. The summed E-state index contributed by atoms with van der Waals surface area (Å²) in [7, 11) is 4.74. The molecule has 9 nitrogen and oxygen atoms in total. The Hall–Kier alpha value is -3.66. The van der Waals surface area contributed by atoms with Gasteiger partial charge in [-0.3, -0.25) is 14.9 Å². The van der Waals surface area contributed by atoms with Crippen LogP contribution in [0.3, 0.4) is 0 Å². The molecule has 0 amide bonds. The van der Waals surface area contributed by atoms with E-state index < -0.39 is 4.92 Å². The number of benzene rings is 2. The third-order valence-corrected chi connectivity index (χ3v) is 5.27. The molecule has 3 rings (SSSR count). The number of nitrogens with zero attached hydrogens (tertiary/aromatic N) is 4. The lowest BCUT2D eigenvalue weighted by atomic mass is 10.1. The lowest BCUT2D eigenvalue weighted by Gasteiger charge is -2.08. The molecule has 2 aromatic carbocycles. The number of nitro groups is 1. The Morgan fingerprint density at radius 3 is 2.63 bits per heavy atom. The van der Waals surface area contributed by atoms with Gasteiger partial charge in [0.2, 0.25) is 0 Å². The maximum Gasteiger partial charge on any atom is 0.283 e. The zero-order valence-corrected chi connectivity index (χ0v) is 17.3. The Balaban J connectivity index is 1.85. The van der Waals surface area contributed by atoms with Gasteiger partial charge in [0.05, 0.1) is 29.6 Å². The highest BCUT2D eigenvalue weighted by Crippen LogP contribution is 2.34. The molecule has 0 N–H and O–H groups in total. The summed E-state index contributed by atoms with van der Waals surface area (Å²) in [6.45, 7) is 0. The summed E-state index contributed by atoms with van der Waals surface area (Å²) in [6.07, 6.45) is 4.39. The number of carbonyl (C=O) groups is 1. The first-order chi connectivity index (χ1) is 14.4. The van der Waals surface area contributed by atoms with E-state index in [4.69, 9.17) is 9.47 Å². The zero-order valence-electron chi connectivity index (χ0n) is 16.4. The number of aryl methyl sites for hydroxylation is 1. The van der Waals surface area contributed by atoms with Crippen molar-refractivity contribution in [3.63, 3.8) is 0 Å². The Kier molecular flexibility index (Phi) is 6.48. The topological polar surface area (TPSA) is 109 Å². The van der Waals surface area contributed by atoms with Crippen molar-refractivity contribution in [2.75, 3.05) is 14.2 Å². The van der Waals surface area contributed by atoms with Crippen LogP contribution in [0.2, 0.25) is 0 Å². The van der Waals surface area contributed by atoms with Crippen LogP contribution in [-0.2, 0) is 7.05 Å². The van der Waals surface area contributed by atoms with Crippen LogP contribution in [0.4, 0.5) is 5.69 Å². The minimum atomic E-state index is -0.468. The number of ketones is 1. The molecule has 154 valence electrons. The van der Waals surface area contributed by atoms with Gasteiger partial charge in [0.25, 0.3) is 5.69 Å². The third kappa shape index (κ3) is 4.66. The molecule has 0 radical (unpaired) electrons. The van der Waals surface area contributed by atoms with Crippen LogP contribution in [0.15, 0.2) is 58.9 Å². The average Bonchev–Trinajstić information content (AvgIpc) is 3.16. The number of ether oxygens (including phenoxy) is 2. The van der Waals surface area contributed by atoms with Crippen molar-refractivity contribution in [2.24, 2.45) is 7.05 Å². The van der Waals surface area contributed by atoms with Crippen LogP contribution in [0.1, 0.15) is 15.9 Å². The number of nitro benzene ring substituents is 1. The van der Waals surface area contributed by atoms with Gasteiger partial charge in [-0.15, -0.1) is 10.2 Å². The van der Waals surface area contributed by atoms with Crippen molar-refractivity contribution >= 4 is 29.3 Å². The van der Waals surface area contributed by atoms with Gasteiger partial charge in [-0.2, -0.15) is 0 Å². The highest BCUT2D eigenvalue weighted by molar-refractivity contribution is 7.99. The lowest BCUT2D eigenvalue weighted by molar-refractivity contribution is -0.387. The maximum absolute atomic E-state index is 12.6. The van der Waals surface area contributed by atoms with Crippen molar-refractivity contribution < 1.29 is 19.2 Å². The average molecular weight is 426 g/mol. The van der Waals surface area contributed by atoms with Gasteiger partial charge in [0, 0.05) is 19.2 Å². The van der Waals surface area contributed by atoms with Crippen molar-refractivity contribution in [3.05, 3.63) is 70.0 Å². The first-order valence-electron chi connectivity index (χ1n) is 8.67. The number of hydrogen-bond donors (Lipinski definition) is 0. The fraction of sp³-hybridized carbons (Fsp3) is 0.150. The summed E-state index contributed by atoms with van der Waals surface area (Å²) < 4.78 is 12.0. The van der Waals surface area contributed by atoms with Crippen LogP contribution in [0.5, 0.6) is 11.5 Å². The SMILES string of the molecule is COc1ccc(C(=O)/C=C\c2ccc(Sc3nncn3C)c([N+](=O)[O-])c2)c(OC)c1. The number of allylic oxidation sites excluding steroid dienone is 1. The molecule has 30 heavy (non-hydrogen) atoms. The molecule has 0 atom stereocenters. The molecule has 0 saturated carbocycles. The quantitative estimate of drug-likeness (QED) is 0.232. The predicted molar refractivity (Wildman–Crippen MR) is 111 cm³/mol. The van der Waals surface area contributed by atoms with E-state index in [0.29, 0.717) is 32.7 Å². The van der Waals surface area contributed by atoms with E-state index in [0.717, 1.165) is 11.8 Å². The standard InChI is InChI=1S/C20H18N4O5S/c1-23-12-21-22-20(23)30-19-9-5-13(10-16(19)24(26)27)4-8-17(25)15-7-6-14(28-2)11-18(15)29-3/h4-12H,1-3H3/b8-4-. The smallest absolute Gasteiger partial charge is 0.283 e. The number of carbonyl (C=O) groups excluding carboxylic acids is 1.